The first kappa shape index (κ1) is 19.9. The molecular formula is C20H17BrN2O4S. The van der Waals surface area contributed by atoms with Crippen LogP contribution in [-0.2, 0) is 10.0 Å². The molecule has 0 spiro atoms. The Balaban J connectivity index is 1.71. The van der Waals surface area contributed by atoms with Gasteiger partial charge in [0.1, 0.15) is 5.75 Å². The van der Waals surface area contributed by atoms with Crippen LogP contribution in [-0.4, -0.2) is 21.4 Å². The molecule has 0 fully saturated rings. The minimum Gasteiger partial charge on any atom is -0.497 e. The molecule has 0 saturated heterocycles. The van der Waals surface area contributed by atoms with Crippen LogP contribution in [0.4, 0.5) is 11.4 Å². The number of nitrogens with one attached hydrogen (secondary N) is 2. The largest absolute Gasteiger partial charge is 0.497 e. The molecule has 0 aliphatic carbocycles. The maximum atomic E-state index is 12.5. The van der Waals surface area contributed by atoms with Crippen molar-refractivity contribution in [1.29, 1.82) is 0 Å². The molecule has 0 heterocycles. The van der Waals surface area contributed by atoms with Crippen LogP contribution in [0.25, 0.3) is 0 Å². The molecular weight excluding hydrogens is 444 g/mol. The highest BCUT2D eigenvalue weighted by atomic mass is 79.9. The van der Waals surface area contributed by atoms with Crippen molar-refractivity contribution >= 4 is 43.2 Å². The van der Waals surface area contributed by atoms with E-state index < -0.39 is 10.0 Å². The van der Waals surface area contributed by atoms with Gasteiger partial charge in [-0.3, -0.25) is 9.52 Å². The Labute approximate surface area is 171 Å². The Morgan fingerprint density at radius 3 is 2.18 bits per heavy atom. The van der Waals surface area contributed by atoms with Crippen molar-refractivity contribution in [3.05, 3.63) is 82.8 Å². The van der Waals surface area contributed by atoms with Gasteiger partial charge in [-0.15, -0.1) is 0 Å². The lowest BCUT2D eigenvalue weighted by atomic mass is 10.2. The first-order chi connectivity index (χ1) is 13.4. The van der Waals surface area contributed by atoms with Gasteiger partial charge in [0.2, 0.25) is 0 Å². The molecule has 0 aliphatic heterocycles. The van der Waals surface area contributed by atoms with Gasteiger partial charge >= 0.3 is 0 Å². The lowest BCUT2D eigenvalue weighted by Crippen LogP contribution is -2.14. The summed E-state index contributed by atoms with van der Waals surface area (Å²) in [6, 6.07) is 19.5. The molecule has 0 aromatic heterocycles. The lowest BCUT2D eigenvalue weighted by molar-refractivity contribution is 0.102. The summed E-state index contributed by atoms with van der Waals surface area (Å²) in [6.07, 6.45) is 0. The number of ether oxygens (including phenoxy) is 1. The fourth-order valence-corrected chi connectivity index (χ4v) is 3.88. The van der Waals surface area contributed by atoms with Crippen molar-refractivity contribution in [2.45, 2.75) is 4.90 Å². The van der Waals surface area contributed by atoms with Crippen LogP contribution in [0, 0.1) is 0 Å². The van der Waals surface area contributed by atoms with Crippen LogP contribution in [0.2, 0.25) is 0 Å². The number of sulfonamides is 1. The van der Waals surface area contributed by atoms with E-state index in [2.05, 4.69) is 26.0 Å². The molecule has 6 nitrogen and oxygen atoms in total. The maximum Gasteiger partial charge on any atom is 0.261 e. The average molecular weight is 461 g/mol. The van der Waals surface area contributed by atoms with Gasteiger partial charge in [0.05, 0.1) is 12.0 Å². The van der Waals surface area contributed by atoms with Crippen molar-refractivity contribution in [2.75, 3.05) is 17.1 Å². The Morgan fingerprint density at radius 1 is 0.929 bits per heavy atom. The van der Waals surface area contributed by atoms with Gasteiger partial charge in [-0.1, -0.05) is 22.0 Å². The third-order valence-corrected chi connectivity index (χ3v) is 5.74. The van der Waals surface area contributed by atoms with Gasteiger partial charge in [-0.05, 0) is 66.7 Å². The number of hydrogen-bond donors (Lipinski definition) is 2. The topological polar surface area (TPSA) is 84.5 Å². The summed E-state index contributed by atoms with van der Waals surface area (Å²) in [4.78, 5) is 12.4. The number of halogens is 1. The van der Waals surface area contributed by atoms with Crippen molar-refractivity contribution in [1.82, 2.24) is 0 Å². The monoisotopic (exact) mass is 460 g/mol. The zero-order chi connectivity index (χ0) is 20.1. The average Bonchev–Trinajstić information content (AvgIpc) is 2.69. The number of carbonyl (C=O) groups excluding carboxylic acids is 1. The quantitative estimate of drug-likeness (QED) is 0.566. The summed E-state index contributed by atoms with van der Waals surface area (Å²) in [6.45, 7) is 0. The van der Waals surface area contributed by atoms with Crippen LogP contribution in [0.15, 0.2) is 82.2 Å². The minimum atomic E-state index is -3.75. The number of carbonyl (C=O) groups is 1. The minimum absolute atomic E-state index is 0.0868. The van der Waals surface area contributed by atoms with E-state index in [4.69, 9.17) is 4.74 Å². The van der Waals surface area contributed by atoms with Gasteiger partial charge in [0, 0.05) is 21.4 Å². The maximum absolute atomic E-state index is 12.5. The normalized spacial score (nSPS) is 10.9. The molecule has 0 unspecified atom stereocenters. The van der Waals surface area contributed by atoms with E-state index >= 15 is 0 Å². The van der Waals surface area contributed by atoms with Crippen LogP contribution >= 0.6 is 15.9 Å². The Morgan fingerprint density at radius 2 is 1.57 bits per heavy atom. The summed E-state index contributed by atoms with van der Waals surface area (Å²) in [5, 5.41) is 2.74. The molecule has 0 atom stereocenters. The molecule has 8 heteroatoms. The standard InChI is InChI=1S/C20H17BrN2O4S/c1-27-18-9-5-17(6-10-18)23-28(25,26)19-11-7-16(8-12-19)22-20(24)14-3-2-4-15(21)13-14/h2-13,23H,1H3,(H,22,24). The van der Waals surface area contributed by atoms with E-state index in [0.29, 0.717) is 22.7 Å². The highest BCUT2D eigenvalue weighted by Gasteiger charge is 2.15. The molecule has 1 amide bonds. The van der Waals surface area contributed by atoms with E-state index in [1.807, 2.05) is 6.07 Å². The Bertz CT molecular complexity index is 1080. The van der Waals surface area contributed by atoms with Crippen molar-refractivity contribution in [2.24, 2.45) is 0 Å². The number of anilines is 2. The summed E-state index contributed by atoms with van der Waals surface area (Å²) in [5.41, 5.74) is 1.41. The second-order valence-corrected chi connectivity index (χ2v) is 8.42. The van der Waals surface area contributed by atoms with Crippen molar-refractivity contribution in [3.8, 4) is 5.75 Å². The van der Waals surface area contributed by atoms with E-state index in [1.165, 1.54) is 19.2 Å². The first-order valence-corrected chi connectivity index (χ1v) is 10.5. The number of methoxy groups -OCH3 is 1. The predicted molar refractivity (Wildman–Crippen MR) is 112 cm³/mol. The molecule has 3 rings (SSSR count). The lowest BCUT2D eigenvalue weighted by Gasteiger charge is -2.10. The molecule has 0 saturated carbocycles. The second-order valence-electron chi connectivity index (χ2n) is 5.82. The molecule has 3 aromatic carbocycles. The third-order valence-electron chi connectivity index (χ3n) is 3.85. The summed E-state index contributed by atoms with van der Waals surface area (Å²) in [7, 11) is -2.21. The summed E-state index contributed by atoms with van der Waals surface area (Å²) >= 11 is 3.32. The van der Waals surface area contributed by atoms with Gasteiger partial charge in [-0.25, -0.2) is 8.42 Å². The fraction of sp³-hybridized carbons (Fsp3) is 0.0500. The number of hydrogen-bond acceptors (Lipinski definition) is 4. The highest BCUT2D eigenvalue weighted by molar-refractivity contribution is 9.10. The van der Waals surface area contributed by atoms with Gasteiger partial charge in [0.25, 0.3) is 15.9 Å². The van der Waals surface area contributed by atoms with E-state index in [-0.39, 0.29) is 10.8 Å². The highest BCUT2D eigenvalue weighted by Crippen LogP contribution is 2.21. The summed E-state index contributed by atoms with van der Waals surface area (Å²) < 4.78 is 33.4. The van der Waals surface area contributed by atoms with E-state index in [0.717, 1.165) is 4.47 Å². The zero-order valence-electron chi connectivity index (χ0n) is 14.8. The van der Waals surface area contributed by atoms with Gasteiger partial charge < -0.3 is 10.1 Å². The summed E-state index contributed by atoms with van der Waals surface area (Å²) in [5.74, 6) is 0.349. The van der Waals surface area contributed by atoms with E-state index in [9.17, 15) is 13.2 Å². The second kappa shape index (κ2) is 8.45. The number of amides is 1. The third kappa shape index (κ3) is 4.90. The number of rotatable bonds is 6. The van der Waals surface area contributed by atoms with Crippen LogP contribution in [0.5, 0.6) is 5.75 Å². The van der Waals surface area contributed by atoms with Crippen LogP contribution in [0.1, 0.15) is 10.4 Å². The zero-order valence-corrected chi connectivity index (χ0v) is 17.2. The molecule has 28 heavy (non-hydrogen) atoms. The van der Waals surface area contributed by atoms with Crippen molar-refractivity contribution in [3.63, 3.8) is 0 Å². The molecule has 3 aromatic rings. The van der Waals surface area contributed by atoms with Crippen LogP contribution < -0.4 is 14.8 Å². The molecule has 0 radical (unpaired) electrons. The SMILES string of the molecule is COc1ccc(NS(=O)(=O)c2ccc(NC(=O)c3cccc(Br)c3)cc2)cc1. The fourth-order valence-electron chi connectivity index (χ4n) is 2.42. The molecule has 2 N–H and O–H groups in total. The van der Waals surface area contributed by atoms with Gasteiger partial charge in [-0.2, -0.15) is 0 Å². The van der Waals surface area contributed by atoms with Gasteiger partial charge in [0.15, 0.2) is 0 Å². The van der Waals surface area contributed by atoms with E-state index in [1.54, 1.807) is 54.6 Å². The van der Waals surface area contributed by atoms with Crippen molar-refractivity contribution < 1.29 is 17.9 Å². The Kier molecular flexibility index (Phi) is 6.01. The molecule has 0 bridgehead atoms. The first-order valence-electron chi connectivity index (χ1n) is 8.21. The Hall–Kier alpha value is -2.84. The molecule has 144 valence electrons. The molecule has 0 aliphatic rings. The smallest absolute Gasteiger partial charge is 0.261 e. The predicted octanol–water partition coefficient (Wildman–Crippen LogP) is 4.51. The number of benzene rings is 3. The van der Waals surface area contributed by atoms with Crippen LogP contribution in [0.3, 0.4) is 0 Å².